The van der Waals surface area contributed by atoms with Crippen molar-refractivity contribution in [2.75, 3.05) is 40.2 Å². The van der Waals surface area contributed by atoms with E-state index in [0.29, 0.717) is 30.6 Å². The van der Waals surface area contributed by atoms with Gasteiger partial charge in [0.05, 0.1) is 13.7 Å². The first-order valence-electron chi connectivity index (χ1n) is 9.06. The van der Waals surface area contributed by atoms with E-state index >= 15 is 0 Å². The van der Waals surface area contributed by atoms with Crippen LogP contribution in [0.5, 0.6) is 11.5 Å². The summed E-state index contributed by atoms with van der Waals surface area (Å²) in [6.45, 7) is 4.14. The summed E-state index contributed by atoms with van der Waals surface area (Å²) in [5, 5.41) is 6.64. The molecule has 0 spiro atoms. The fraction of sp³-hybridized carbons (Fsp3) is 0.381. The maximum absolute atomic E-state index is 5.63. The maximum Gasteiger partial charge on any atom is 0.195 e. The van der Waals surface area contributed by atoms with Crippen molar-refractivity contribution >= 4 is 11.6 Å². The molecule has 2 rings (SSSR count). The molecule has 2 aromatic carbocycles. The number of aliphatic imine (C=N–C) groups is 1. The molecule has 0 saturated carbocycles. The molecule has 6 nitrogen and oxygen atoms in total. The van der Waals surface area contributed by atoms with Crippen LogP contribution in [-0.4, -0.2) is 45.7 Å². The Hall–Kier alpha value is -2.73. The van der Waals surface area contributed by atoms with Crippen molar-refractivity contribution in [1.29, 1.82) is 0 Å². The Morgan fingerprint density at radius 2 is 1.85 bits per heavy atom. The molecule has 0 saturated heterocycles. The number of nitrogens with zero attached hydrogens (tertiary/aromatic N) is 2. The maximum atomic E-state index is 5.63. The van der Waals surface area contributed by atoms with Gasteiger partial charge in [0.15, 0.2) is 17.5 Å². The fourth-order valence-electron chi connectivity index (χ4n) is 2.73. The van der Waals surface area contributed by atoms with E-state index in [2.05, 4.69) is 58.9 Å². The molecule has 0 unspecified atom stereocenters. The predicted octanol–water partition coefficient (Wildman–Crippen LogP) is 3.34. The lowest BCUT2D eigenvalue weighted by molar-refractivity contribution is 0.311. The van der Waals surface area contributed by atoms with Crippen LogP contribution >= 0.6 is 0 Å². The second-order valence-corrected chi connectivity index (χ2v) is 6.41. The van der Waals surface area contributed by atoms with Crippen LogP contribution in [0, 0.1) is 0 Å². The van der Waals surface area contributed by atoms with E-state index in [1.807, 2.05) is 25.1 Å². The Labute approximate surface area is 162 Å². The van der Waals surface area contributed by atoms with E-state index in [9.17, 15) is 0 Å². The largest absolute Gasteiger partial charge is 0.493 e. The monoisotopic (exact) mass is 370 g/mol. The van der Waals surface area contributed by atoms with Crippen LogP contribution in [0.25, 0.3) is 0 Å². The third-order valence-electron chi connectivity index (χ3n) is 3.90. The molecule has 0 aliphatic heterocycles. The summed E-state index contributed by atoms with van der Waals surface area (Å²) in [6.07, 6.45) is 0. The van der Waals surface area contributed by atoms with Gasteiger partial charge in [-0.05, 0) is 44.3 Å². The summed E-state index contributed by atoms with van der Waals surface area (Å²) in [5.41, 5.74) is 3.38. The van der Waals surface area contributed by atoms with Crippen molar-refractivity contribution in [1.82, 2.24) is 10.2 Å². The van der Waals surface area contributed by atoms with Crippen LogP contribution in [0.3, 0.4) is 0 Å². The number of hydrogen-bond donors (Lipinski definition) is 2. The first kappa shape index (κ1) is 20.6. The van der Waals surface area contributed by atoms with Crippen LogP contribution in [0.1, 0.15) is 18.1 Å². The Balaban J connectivity index is 2.01. The normalized spacial score (nSPS) is 11.4. The van der Waals surface area contributed by atoms with E-state index < -0.39 is 0 Å². The van der Waals surface area contributed by atoms with Crippen LogP contribution in [0.2, 0.25) is 0 Å². The number of guanidine groups is 1. The van der Waals surface area contributed by atoms with Crippen LogP contribution in [0.4, 0.5) is 5.69 Å². The topological polar surface area (TPSA) is 58.1 Å². The minimum absolute atomic E-state index is 0.579. The highest BCUT2D eigenvalue weighted by Crippen LogP contribution is 2.30. The third kappa shape index (κ3) is 6.49. The predicted molar refractivity (Wildman–Crippen MR) is 112 cm³/mol. The summed E-state index contributed by atoms with van der Waals surface area (Å²) >= 11 is 0. The minimum atomic E-state index is 0.579. The fourth-order valence-corrected chi connectivity index (χ4v) is 2.73. The van der Waals surface area contributed by atoms with Crippen molar-refractivity contribution in [3.63, 3.8) is 0 Å². The molecule has 2 aromatic rings. The van der Waals surface area contributed by atoms with Crippen molar-refractivity contribution in [3.8, 4) is 11.5 Å². The minimum Gasteiger partial charge on any atom is -0.493 e. The molecule has 0 bridgehead atoms. The lowest BCUT2D eigenvalue weighted by Gasteiger charge is -2.15. The number of ether oxygens (including phenoxy) is 2. The van der Waals surface area contributed by atoms with Crippen molar-refractivity contribution in [3.05, 3.63) is 53.6 Å². The van der Waals surface area contributed by atoms with Crippen molar-refractivity contribution in [2.24, 2.45) is 4.99 Å². The first-order chi connectivity index (χ1) is 13.0. The van der Waals surface area contributed by atoms with Crippen molar-refractivity contribution < 1.29 is 9.47 Å². The van der Waals surface area contributed by atoms with Gasteiger partial charge >= 0.3 is 0 Å². The lowest BCUT2D eigenvalue weighted by Crippen LogP contribution is -2.30. The van der Waals surface area contributed by atoms with Gasteiger partial charge in [-0.1, -0.05) is 24.3 Å². The highest BCUT2D eigenvalue weighted by molar-refractivity contribution is 5.93. The zero-order chi connectivity index (χ0) is 19.6. The second kappa shape index (κ2) is 10.4. The Bertz CT molecular complexity index is 760. The molecule has 0 aromatic heterocycles. The van der Waals surface area contributed by atoms with Gasteiger partial charge in [-0.3, -0.25) is 4.99 Å². The third-order valence-corrected chi connectivity index (χ3v) is 3.90. The van der Waals surface area contributed by atoms with Gasteiger partial charge in [-0.2, -0.15) is 0 Å². The Morgan fingerprint density at radius 1 is 1.07 bits per heavy atom. The zero-order valence-corrected chi connectivity index (χ0v) is 16.9. The first-order valence-corrected chi connectivity index (χ1v) is 9.06. The molecule has 0 radical (unpaired) electrons. The smallest absolute Gasteiger partial charge is 0.195 e. The van der Waals surface area contributed by atoms with E-state index in [4.69, 9.17) is 9.47 Å². The Morgan fingerprint density at radius 3 is 2.52 bits per heavy atom. The summed E-state index contributed by atoms with van der Waals surface area (Å²) < 4.78 is 11.0. The number of nitrogens with one attached hydrogen (secondary N) is 2. The molecule has 0 aliphatic rings. The number of methoxy groups -OCH3 is 1. The second-order valence-electron chi connectivity index (χ2n) is 6.41. The molecule has 0 atom stereocenters. The van der Waals surface area contributed by atoms with Crippen LogP contribution in [-0.2, 0) is 13.1 Å². The van der Waals surface area contributed by atoms with Gasteiger partial charge in [-0.15, -0.1) is 0 Å². The van der Waals surface area contributed by atoms with Gasteiger partial charge in [-0.25, -0.2) is 0 Å². The van der Waals surface area contributed by atoms with Gasteiger partial charge in [0, 0.05) is 31.9 Å². The number of anilines is 1. The standard InChI is InChI=1S/C21H30N4O2/c1-6-27-20-13-18(10-11-19(20)26-5)24-21(22-2)23-14-16-8-7-9-17(12-16)15-25(3)4/h7-13H,6,14-15H2,1-5H3,(H2,22,23,24). The lowest BCUT2D eigenvalue weighted by atomic mass is 10.1. The van der Waals surface area contributed by atoms with E-state index in [1.165, 1.54) is 11.1 Å². The molecule has 27 heavy (non-hydrogen) atoms. The zero-order valence-electron chi connectivity index (χ0n) is 16.9. The molecule has 0 aliphatic carbocycles. The number of benzene rings is 2. The highest BCUT2D eigenvalue weighted by Gasteiger charge is 2.07. The number of rotatable bonds is 8. The average molecular weight is 370 g/mol. The van der Waals surface area contributed by atoms with Crippen LogP contribution in [0.15, 0.2) is 47.5 Å². The number of hydrogen-bond acceptors (Lipinski definition) is 4. The van der Waals surface area contributed by atoms with Gasteiger partial charge in [0.25, 0.3) is 0 Å². The van der Waals surface area contributed by atoms with Gasteiger partial charge in [0.2, 0.25) is 0 Å². The van der Waals surface area contributed by atoms with E-state index in [-0.39, 0.29) is 0 Å². The van der Waals surface area contributed by atoms with E-state index in [0.717, 1.165) is 12.2 Å². The van der Waals surface area contributed by atoms with Gasteiger partial charge in [0.1, 0.15) is 0 Å². The molecule has 2 N–H and O–H groups in total. The molecule has 0 heterocycles. The molecule has 0 fully saturated rings. The molecule has 6 heteroatoms. The van der Waals surface area contributed by atoms with E-state index in [1.54, 1.807) is 14.2 Å². The van der Waals surface area contributed by atoms with Crippen LogP contribution < -0.4 is 20.1 Å². The summed E-state index contributed by atoms with van der Waals surface area (Å²) in [5.74, 6) is 2.11. The quantitative estimate of drug-likeness (QED) is 0.551. The molecule has 0 amide bonds. The molecular weight excluding hydrogens is 340 g/mol. The summed E-state index contributed by atoms with van der Waals surface area (Å²) in [7, 11) is 7.53. The van der Waals surface area contributed by atoms with Gasteiger partial charge < -0.3 is 25.0 Å². The molecule has 146 valence electrons. The Kier molecular flexibility index (Phi) is 7.95. The van der Waals surface area contributed by atoms with Crippen molar-refractivity contribution in [2.45, 2.75) is 20.0 Å². The summed E-state index contributed by atoms with van der Waals surface area (Å²) in [6, 6.07) is 14.3. The highest BCUT2D eigenvalue weighted by atomic mass is 16.5. The SMILES string of the molecule is CCOc1cc(NC(=NC)NCc2cccc(CN(C)C)c2)ccc1OC. The summed E-state index contributed by atoms with van der Waals surface area (Å²) in [4.78, 5) is 6.46. The average Bonchev–Trinajstić information content (AvgIpc) is 2.65. The molecular formula is C21H30N4O2.